The lowest BCUT2D eigenvalue weighted by molar-refractivity contribution is 0.157. The molecule has 1 unspecified atom stereocenters. The summed E-state index contributed by atoms with van der Waals surface area (Å²) in [5.41, 5.74) is 1.72. The first kappa shape index (κ1) is 13.5. The largest absolute Gasteiger partial charge is 0.296 e. The van der Waals surface area contributed by atoms with Crippen molar-refractivity contribution in [1.29, 1.82) is 0 Å². The molecule has 3 rings (SSSR count). The van der Waals surface area contributed by atoms with Gasteiger partial charge in [-0.3, -0.25) is 10.2 Å². The summed E-state index contributed by atoms with van der Waals surface area (Å²) in [5, 5.41) is 3.88. The number of rotatable bonds is 2. The SMILES string of the molecule is CC1(C)CSC2(CCCN(Cc3ccccc3)C2)N1. The summed E-state index contributed by atoms with van der Waals surface area (Å²) in [7, 11) is 0. The molecule has 1 N–H and O–H groups in total. The topological polar surface area (TPSA) is 15.3 Å². The van der Waals surface area contributed by atoms with E-state index in [1.54, 1.807) is 0 Å². The summed E-state index contributed by atoms with van der Waals surface area (Å²) in [4.78, 5) is 2.91. The summed E-state index contributed by atoms with van der Waals surface area (Å²) in [5.74, 6) is 1.23. The van der Waals surface area contributed by atoms with Gasteiger partial charge in [-0.05, 0) is 38.8 Å². The first-order valence-corrected chi connectivity index (χ1v) is 8.25. The van der Waals surface area contributed by atoms with Crippen LogP contribution in [0.3, 0.4) is 0 Å². The number of hydrogen-bond acceptors (Lipinski definition) is 3. The molecule has 1 atom stereocenters. The molecule has 104 valence electrons. The van der Waals surface area contributed by atoms with Crippen LogP contribution >= 0.6 is 11.8 Å². The Morgan fingerprint density at radius 2 is 2.05 bits per heavy atom. The van der Waals surface area contributed by atoms with Gasteiger partial charge in [-0.25, -0.2) is 0 Å². The van der Waals surface area contributed by atoms with Gasteiger partial charge < -0.3 is 0 Å². The molecule has 2 saturated heterocycles. The summed E-state index contributed by atoms with van der Waals surface area (Å²) < 4.78 is 0. The van der Waals surface area contributed by atoms with Crippen molar-refractivity contribution in [3.63, 3.8) is 0 Å². The molecule has 2 fully saturated rings. The first-order chi connectivity index (χ1) is 9.07. The Morgan fingerprint density at radius 3 is 2.74 bits per heavy atom. The Kier molecular flexibility index (Phi) is 3.63. The molecular weight excluding hydrogens is 252 g/mol. The van der Waals surface area contributed by atoms with Crippen molar-refractivity contribution in [3.8, 4) is 0 Å². The number of likely N-dealkylation sites (tertiary alicyclic amines) is 1. The summed E-state index contributed by atoms with van der Waals surface area (Å²) >= 11 is 2.13. The molecule has 0 amide bonds. The van der Waals surface area contributed by atoms with Crippen molar-refractivity contribution in [2.75, 3.05) is 18.8 Å². The standard InChI is InChI=1S/C16H24N2S/c1-15(2)13-19-16(17-15)9-6-10-18(12-16)11-14-7-4-3-5-8-14/h3-5,7-8,17H,6,9-13H2,1-2H3. The Hall–Kier alpha value is -0.510. The summed E-state index contributed by atoms with van der Waals surface area (Å²) in [6.45, 7) is 8.15. The third kappa shape index (κ3) is 3.15. The summed E-state index contributed by atoms with van der Waals surface area (Å²) in [6, 6.07) is 10.8. The molecule has 0 aliphatic carbocycles. The number of hydrogen-bond donors (Lipinski definition) is 1. The molecule has 1 spiro atoms. The first-order valence-electron chi connectivity index (χ1n) is 7.27. The molecular formula is C16H24N2S. The van der Waals surface area contributed by atoms with Crippen LogP contribution in [-0.2, 0) is 6.54 Å². The second kappa shape index (κ2) is 5.12. The molecule has 3 heteroatoms. The second-order valence-electron chi connectivity index (χ2n) is 6.59. The highest BCUT2D eigenvalue weighted by atomic mass is 32.2. The fourth-order valence-corrected chi connectivity index (χ4v) is 4.93. The van der Waals surface area contributed by atoms with Gasteiger partial charge in [0.15, 0.2) is 0 Å². The van der Waals surface area contributed by atoms with Crippen molar-refractivity contribution in [2.45, 2.75) is 43.6 Å². The Bertz CT molecular complexity index is 432. The predicted octanol–water partition coefficient (Wildman–Crippen LogP) is 3.09. The van der Waals surface area contributed by atoms with Gasteiger partial charge in [0.2, 0.25) is 0 Å². The highest BCUT2D eigenvalue weighted by Crippen LogP contribution is 2.41. The van der Waals surface area contributed by atoms with E-state index in [-0.39, 0.29) is 0 Å². The third-order valence-corrected chi connectivity index (χ3v) is 5.91. The Labute approximate surface area is 121 Å². The van der Waals surface area contributed by atoms with E-state index < -0.39 is 0 Å². The Morgan fingerprint density at radius 1 is 1.26 bits per heavy atom. The van der Waals surface area contributed by atoms with Crippen LogP contribution in [0.15, 0.2) is 30.3 Å². The van der Waals surface area contributed by atoms with Crippen LogP contribution in [0.1, 0.15) is 32.3 Å². The Balaban J connectivity index is 1.66. The van der Waals surface area contributed by atoms with Gasteiger partial charge in [0, 0.05) is 24.4 Å². The molecule has 0 bridgehead atoms. The molecule has 19 heavy (non-hydrogen) atoms. The zero-order valence-electron chi connectivity index (χ0n) is 12.0. The zero-order valence-corrected chi connectivity index (χ0v) is 12.8. The van der Waals surface area contributed by atoms with Crippen LogP contribution in [0.4, 0.5) is 0 Å². The minimum absolute atomic E-state index is 0.292. The van der Waals surface area contributed by atoms with E-state index in [2.05, 4.69) is 66.2 Å². The smallest absolute Gasteiger partial charge is 0.0779 e. The molecule has 2 aliphatic rings. The molecule has 2 aliphatic heterocycles. The van der Waals surface area contributed by atoms with Crippen molar-refractivity contribution in [2.24, 2.45) is 0 Å². The molecule has 0 saturated carbocycles. The summed E-state index contributed by atoms with van der Waals surface area (Å²) in [6.07, 6.45) is 2.62. The van der Waals surface area contributed by atoms with Gasteiger partial charge in [-0.15, -0.1) is 11.8 Å². The monoisotopic (exact) mass is 276 g/mol. The fourth-order valence-electron chi connectivity index (χ4n) is 3.31. The van der Waals surface area contributed by atoms with Crippen LogP contribution in [0, 0.1) is 0 Å². The number of nitrogens with zero attached hydrogens (tertiary/aromatic N) is 1. The van der Waals surface area contributed by atoms with E-state index in [0.717, 1.165) is 6.54 Å². The molecule has 0 radical (unpaired) electrons. The maximum atomic E-state index is 3.88. The van der Waals surface area contributed by atoms with Crippen LogP contribution in [0.2, 0.25) is 0 Å². The van der Waals surface area contributed by atoms with Crippen LogP contribution in [0.5, 0.6) is 0 Å². The quantitative estimate of drug-likeness (QED) is 0.893. The lowest BCUT2D eigenvalue weighted by atomic mass is 10.00. The van der Waals surface area contributed by atoms with Crippen molar-refractivity contribution in [1.82, 2.24) is 10.2 Å². The van der Waals surface area contributed by atoms with E-state index in [0.29, 0.717) is 10.4 Å². The van der Waals surface area contributed by atoms with Gasteiger partial charge in [0.1, 0.15) is 0 Å². The highest BCUT2D eigenvalue weighted by Gasteiger charge is 2.45. The van der Waals surface area contributed by atoms with Gasteiger partial charge in [0.05, 0.1) is 4.87 Å². The van der Waals surface area contributed by atoms with E-state index in [4.69, 9.17) is 0 Å². The van der Waals surface area contributed by atoms with Crippen molar-refractivity contribution in [3.05, 3.63) is 35.9 Å². The minimum Gasteiger partial charge on any atom is -0.296 e. The van der Waals surface area contributed by atoms with Crippen molar-refractivity contribution >= 4 is 11.8 Å². The van der Waals surface area contributed by atoms with Crippen molar-refractivity contribution < 1.29 is 0 Å². The van der Waals surface area contributed by atoms with E-state index in [1.807, 2.05) is 0 Å². The van der Waals surface area contributed by atoms with Crippen LogP contribution in [0.25, 0.3) is 0 Å². The molecule has 1 aromatic carbocycles. The second-order valence-corrected chi connectivity index (χ2v) is 7.95. The van der Waals surface area contributed by atoms with Gasteiger partial charge in [-0.1, -0.05) is 30.3 Å². The number of piperidine rings is 1. The lowest BCUT2D eigenvalue weighted by Gasteiger charge is -2.41. The number of benzene rings is 1. The van der Waals surface area contributed by atoms with Crippen LogP contribution in [-0.4, -0.2) is 34.2 Å². The predicted molar refractivity (Wildman–Crippen MR) is 83.4 cm³/mol. The average Bonchev–Trinajstić information content (AvgIpc) is 2.66. The molecule has 0 aromatic heterocycles. The van der Waals surface area contributed by atoms with E-state index in [9.17, 15) is 0 Å². The lowest BCUT2D eigenvalue weighted by Crippen LogP contribution is -2.55. The van der Waals surface area contributed by atoms with E-state index >= 15 is 0 Å². The maximum absolute atomic E-state index is 3.88. The average molecular weight is 276 g/mol. The number of thioether (sulfide) groups is 1. The maximum Gasteiger partial charge on any atom is 0.0779 e. The molecule has 2 nitrogen and oxygen atoms in total. The third-order valence-electron chi connectivity index (χ3n) is 4.06. The zero-order chi connectivity index (χ0) is 13.3. The van der Waals surface area contributed by atoms with Gasteiger partial charge in [0.25, 0.3) is 0 Å². The molecule has 2 heterocycles. The van der Waals surface area contributed by atoms with Gasteiger partial charge >= 0.3 is 0 Å². The number of nitrogens with one attached hydrogen (secondary N) is 1. The van der Waals surface area contributed by atoms with Crippen LogP contribution < -0.4 is 5.32 Å². The fraction of sp³-hybridized carbons (Fsp3) is 0.625. The molecule has 1 aromatic rings. The highest BCUT2D eigenvalue weighted by molar-refractivity contribution is 8.01. The minimum atomic E-state index is 0.292. The van der Waals surface area contributed by atoms with E-state index in [1.165, 1.54) is 37.2 Å². The van der Waals surface area contributed by atoms with Gasteiger partial charge in [-0.2, -0.15) is 0 Å². The normalized spacial score (nSPS) is 30.8.